The van der Waals surface area contributed by atoms with Crippen LogP contribution in [0.3, 0.4) is 0 Å². The van der Waals surface area contributed by atoms with Crippen LogP contribution in [0, 0.1) is 5.92 Å². The quantitative estimate of drug-likeness (QED) is 0.643. The lowest BCUT2D eigenvalue weighted by atomic mass is 10.0. The van der Waals surface area contributed by atoms with Crippen molar-refractivity contribution in [2.75, 3.05) is 0 Å². The summed E-state index contributed by atoms with van der Waals surface area (Å²) in [6, 6.07) is 12.6. The largest absolute Gasteiger partial charge is 0.451 e. The number of esters is 1. The van der Waals surface area contributed by atoms with Gasteiger partial charge in [0, 0.05) is 18.6 Å². The summed E-state index contributed by atoms with van der Waals surface area (Å²) in [4.78, 5) is 21.3. The maximum Gasteiger partial charge on any atom is 0.357 e. The van der Waals surface area contributed by atoms with Gasteiger partial charge in [0.2, 0.25) is 0 Å². The van der Waals surface area contributed by atoms with Gasteiger partial charge in [-0.25, -0.2) is 14.5 Å². The SMILES string of the molecule is CC(C)CC(OC(=O)c1cccc(-n2cccn2)n1)c1ccccn1. The van der Waals surface area contributed by atoms with Crippen molar-refractivity contribution in [3.05, 3.63) is 72.4 Å². The Labute approximate surface area is 146 Å². The van der Waals surface area contributed by atoms with Crippen LogP contribution in [0.1, 0.15) is 42.6 Å². The average Bonchev–Trinajstić information content (AvgIpc) is 3.16. The summed E-state index contributed by atoms with van der Waals surface area (Å²) in [6.07, 6.45) is 5.43. The van der Waals surface area contributed by atoms with E-state index >= 15 is 0 Å². The second kappa shape index (κ2) is 7.70. The summed E-state index contributed by atoms with van der Waals surface area (Å²) in [6.45, 7) is 4.17. The van der Waals surface area contributed by atoms with Crippen LogP contribution in [-0.2, 0) is 4.74 Å². The molecule has 0 saturated carbocycles. The molecular formula is C19H20N4O2. The van der Waals surface area contributed by atoms with E-state index < -0.39 is 12.1 Å². The van der Waals surface area contributed by atoms with E-state index in [1.54, 1.807) is 47.5 Å². The first-order valence-electron chi connectivity index (χ1n) is 8.22. The molecule has 0 fully saturated rings. The van der Waals surface area contributed by atoms with Crippen LogP contribution < -0.4 is 0 Å². The molecule has 3 aromatic rings. The first kappa shape index (κ1) is 16.8. The number of aromatic nitrogens is 4. The Morgan fingerprint density at radius 3 is 2.68 bits per heavy atom. The molecule has 3 aromatic heterocycles. The summed E-state index contributed by atoms with van der Waals surface area (Å²) >= 11 is 0. The summed E-state index contributed by atoms with van der Waals surface area (Å²) in [5, 5.41) is 4.13. The van der Waals surface area contributed by atoms with Crippen molar-refractivity contribution in [1.29, 1.82) is 0 Å². The molecule has 0 aromatic carbocycles. The summed E-state index contributed by atoms with van der Waals surface area (Å²) in [5.41, 5.74) is 0.991. The number of hydrogen-bond donors (Lipinski definition) is 0. The van der Waals surface area contributed by atoms with Crippen molar-refractivity contribution in [3.8, 4) is 5.82 Å². The fourth-order valence-electron chi connectivity index (χ4n) is 2.48. The third kappa shape index (κ3) is 4.29. The van der Waals surface area contributed by atoms with E-state index in [2.05, 4.69) is 28.9 Å². The number of pyridine rings is 2. The molecule has 0 amide bonds. The van der Waals surface area contributed by atoms with Gasteiger partial charge in [0.15, 0.2) is 11.5 Å². The number of carbonyl (C=O) groups is 1. The zero-order chi connectivity index (χ0) is 17.6. The van der Waals surface area contributed by atoms with Crippen LogP contribution in [0.25, 0.3) is 5.82 Å². The third-order valence-electron chi connectivity index (χ3n) is 3.64. The fourth-order valence-corrected chi connectivity index (χ4v) is 2.48. The van der Waals surface area contributed by atoms with Crippen LogP contribution in [0.5, 0.6) is 0 Å². The molecule has 1 atom stereocenters. The Balaban J connectivity index is 1.81. The van der Waals surface area contributed by atoms with Crippen molar-refractivity contribution in [2.24, 2.45) is 5.92 Å². The molecule has 3 rings (SSSR count). The molecule has 0 aliphatic carbocycles. The number of ether oxygens (including phenoxy) is 1. The molecular weight excluding hydrogens is 316 g/mol. The molecule has 1 unspecified atom stereocenters. The summed E-state index contributed by atoms with van der Waals surface area (Å²) in [5.74, 6) is 0.464. The first-order valence-corrected chi connectivity index (χ1v) is 8.22. The maximum atomic E-state index is 12.6. The molecule has 0 spiro atoms. The Bertz CT molecular complexity index is 816. The Morgan fingerprint density at radius 2 is 2.00 bits per heavy atom. The molecule has 0 aliphatic heterocycles. The minimum Gasteiger partial charge on any atom is -0.451 e. The van der Waals surface area contributed by atoms with Crippen molar-refractivity contribution >= 4 is 5.97 Å². The van der Waals surface area contributed by atoms with E-state index in [0.717, 1.165) is 5.69 Å². The van der Waals surface area contributed by atoms with Crippen LogP contribution >= 0.6 is 0 Å². The standard InChI is InChI=1S/C19H20N4O2/c1-14(2)13-17(15-7-3-4-10-20-15)25-19(24)16-8-5-9-18(22-16)23-12-6-11-21-23/h3-12,14,17H,13H2,1-2H3. The zero-order valence-electron chi connectivity index (χ0n) is 14.2. The van der Waals surface area contributed by atoms with Gasteiger partial charge < -0.3 is 4.74 Å². The number of nitrogens with zero attached hydrogens (tertiary/aromatic N) is 4. The van der Waals surface area contributed by atoms with Gasteiger partial charge in [-0.1, -0.05) is 26.0 Å². The Morgan fingerprint density at radius 1 is 1.12 bits per heavy atom. The maximum absolute atomic E-state index is 12.6. The zero-order valence-corrected chi connectivity index (χ0v) is 14.2. The number of carbonyl (C=O) groups excluding carboxylic acids is 1. The topological polar surface area (TPSA) is 69.9 Å². The highest BCUT2D eigenvalue weighted by Gasteiger charge is 2.21. The van der Waals surface area contributed by atoms with Crippen LogP contribution in [0.2, 0.25) is 0 Å². The van der Waals surface area contributed by atoms with E-state index in [1.165, 1.54) is 0 Å². The van der Waals surface area contributed by atoms with Crippen molar-refractivity contribution in [1.82, 2.24) is 19.7 Å². The molecule has 0 N–H and O–H groups in total. The number of hydrogen-bond acceptors (Lipinski definition) is 5. The molecule has 128 valence electrons. The van der Waals surface area contributed by atoms with E-state index in [0.29, 0.717) is 18.2 Å². The predicted octanol–water partition coefficient (Wildman–Crippen LogP) is 3.61. The highest BCUT2D eigenvalue weighted by Crippen LogP contribution is 2.24. The lowest BCUT2D eigenvalue weighted by molar-refractivity contribution is 0.0230. The van der Waals surface area contributed by atoms with Crippen LogP contribution in [0.4, 0.5) is 0 Å². The van der Waals surface area contributed by atoms with Gasteiger partial charge in [-0.3, -0.25) is 4.98 Å². The van der Waals surface area contributed by atoms with E-state index in [4.69, 9.17) is 4.74 Å². The third-order valence-corrected chi connectivity index (χ3v) is 3.64. The fraction of sp³-hybridized carbons (Fsp3) is 0.263. The summed E-state index contributed by atoms with van der Waals surface area (Å²) < 4.78 is 7.31. The normalized spacial score (nSPS) is 12.1. The Kier molecular flexibility index (Phi) is 5.18. The van der Waals surface area contributed by atoms with E-state index in [1.807, 2.05) is 18.2 Å². The van der Waals surface area contributed by atoms with Gasteiger partial charge in [0.1, 0.15) is 6.10 Å². The van der Waals surface area contributed by atoms with Gasteiger partial charge in [-0.05, 0) is 42.7 Å². The first-order chi connectivity index (χ1) is 12.1. The Hall–Kier alpha value is -3.02. The molecule has 0 aliphatic rings. The van der Waals surface area contributed by atoms with Gasteiger partial charge in [-0.2, -0.15) is 5.10 Å². The van der Waals surface area contributed by atoms with E-state index in [-0.39, 0.29) is 5.69 Å². The molecule has 3 heterocycles. The highest BCUT2D eigenvalue weighted by atomic mass is 16.5. The van der Waals surface area contributed by atoms with Crippen LogP contribution in [0.15, 0.2) is 61.1 Å². The lowest BCUT2D eigenvalue weighted by Gasteiger charge is -2.19. The molecule has 6 heteroatoms. The molecule has 0 bridgehead atoms. The molecule has 0 saturated heterocycles. The summed E-state index contributed by atoms with van der Waals surface area (Å²) in [7, 11) is 0. The minimum atomic E-state index is -0.467. The van der Waals surface area contributed by atoms with Crippen molar-refractivity contribution in [2.45, 2.75) is 26.4 Å². The van der Waals surface area contributed by atoms with Gasteiger partial charge >= 0.3 is 5.97 Å². The van der Waals surface area contributed by atoms with Gasteiger partial charge in [-0.15, -0.1) is 0 Å². The van der Waals surface area contributed by atoms with Crippen molar-refractivity contribution < 1.29 is 9.53 Å². The molecule has 0 radical (unpaired) electrons. The van der Waals surface area contributed by atoms with Crippen LogP contribution in [-0.4, -0.2) is 25.7 Å². The van der Waals surface area contributed by atoms with Gasteiger partial charge in [0.25, 0.3) is 0 Å². The second-order valence-corrected chi connectivity index (χ2v) is 6.11. The molecule has 6 nitrogen and oxygen atoms in total. The van der Waals surface area contributed by atoms with Gasteiger partial charge in [0.05, 0.1) is 5.69 Å². The minimum absolute atomic E-state index is 0.248. The number of rotatable bonds is 6. The smallest absolute Gasteiger partial charge is 0.357 e. The molecule has 25 heavy (non-hydrogen) atoms. The average molecular weight is 336 g/mol. The second-order valence-electron chi connectivity index (χ2n) is 6.11. The van der Waals surface area contributed by atoms with Crippen molar-refractivity contribution in [3.63, 3.8) is 0 Å². The predicted molar refractivity (Wildman–Crippen MR) is 93.2 cm³/mol. The monoisotopic (exact) mass is 336 g/mol. The highest BCUT2D eigenvalue weighted by molar-refractivity contribution is 5.87. The van der Waals surface area contributed by atoms with E-state index in [9.17, 15) is 4.79 Å². The lowest BCUT2D eigenvalue weighted by Crippen LogP contribution is -2.16.